The normalized spacial score (nSPS) is 41.4. The molecule has 0 aromatic heterocycles. The second-order valence-electron chi connectivity index (χ2n) is 12.3. The van der Waals surface area contributed by atoms with E-state index in [1.165, 1.54) is 49.7 Å². The van der Waals surface area contributed by atoms with Crippen LogP contribution in [0.5, 0.6) is 0 Å². The summed E-state index contributed by atoms with van der Waals surface area (Å²) >= 11 is 0. The van der Waals surface area contributed by atoms with Crippen LogP contribution in [0.25, 0.3) is 0 Å². The summed E-state index contributed by atoms with van der Waals surface area (Å²) in [5, 5.41) is 0. The van der Waals surface area contributed by atoms with Gasteiger partial charge in [-0.25, -0.2) is 9.80 Å². The minimum atomic E-state index is -0.149. The molecule has 6 nitrogen and oxygen atoms in total. The number of rotatable bonds is 2. The molecule has 186 valence electrons. The molecule has 4 aliphatic heterocycles. The van der Waals surface area contributed by atoms with Gasteiger partial charge in [0.1, 0.15) is 23.9 Å². The summed E-state index contributed by atoms with van der Waals surface area (Å²) in [5.74, 6) is 0. The van der Waals surface area contributed by atoms with Crippen LogP contribution in [0.3, 0.4) is 0 Å². The quantitative estimate of drug-likeness (QED) is 0.591. The van der Waals surface area contributed by atoms with Gasteiger partial charge in [0.2, 0.25) is 0 Å². The highest BCUT2D eigenvalue weighted by Gasteiger charge is 2.62. The van der Waals surface area contributed by atoms with Crippen molar-refractivity contribution in [2.45, 2.75) is 113 Å². The summed E-state index contributed by atoms with van der Waals surface area (Å²) in [6.07, 6.45) is 12.0. The molecule has 4 atom stereocenters. The molecule has 0 bridgehead atoms. The predicted octanol–water partition coefficient (Wildman–Crippen LogP) is 5.25. The lowest BCUT2D eigenvalue weighted by atomic mass is 9.88. The van der Waals surface area contributed by atoms with Crippen LogP contribution in [0.1, 0.15) is 102 Å². The van der Waals surface area contributed by atoms with Crippen molar-refractivity contribution in [3.63, 3.8) is 0 Å². The third-order valence-electron chi connectivity index (χ3n) is 9.69. The van der Waals surface area contributed by atoms with Crippen LogP contribution in [-0.4, -0.2) is 58.8 Å². The molecule has 6 fully saturated rings. The maximum atomic E-state index is 6.54. The summed E-state index contributed by atoms with van der Waals surface area (Å²) in [4.78, 5) is 5.17. The highest BCUT2D eigenvalue weighted by Crippen LogP contribution is 2.54. The van der Waals surface area contributed by atoms with Crippen molar-refractivity contribution in [1.29, 1.82) is 0 Å². The topological polar surface area (TPSA) is 43.4 Å². The standard InChI is InChI=1S/C28H40N2O4/c1-25-17-31-23(29(25)27(33-19-25)13-5-3-6-14-27)21-9-11-22(12-10-21)24-30-26(2,18-32-24)20-34-28(30)15-7-4-8-16-28/h9-12,23-24H,3-8,13-20H2,1-2H3/t23-,24-,25-,26-/m1/s1. The molecule has 1 aromatic carbocycles. The van der Waals surface area contributed by atoms with Crippen LogP contribution in [-0.2, 0) is 18.9 Å². The SMILES string of the molecule is C[C@]12CO[C@H](c3ccc([C@H]4OC[C@]5(C)COC6(CCCCC6)N45)cc3)N1C1(CCCCC1)OC2. The largest absolute Gasteiger partial charge is 0.358 e. The molecule has 2 aliphatic carbocycles. The molecule has 0 unspecified atom stereocenters. The van der Waals surface area contributed by atoms with Gasteiger partial charge < -0.3 is 18.9 Å². The molecule has 7 rings (SSSR count). The van der Waals surface area contributed by atoms with E-state index in [9.17, 15) is 0 Å². The van der Waals surface area contributed by atoms with Crippen molar-refractivity contribution in [2.75, 3.05) is 26.4 Å². The van der Waals surface area contributed by atoms with Crippen LogP contribution < -0.4 is 0 Å². The average Bonchev–Trinajstić information content (AvgIpc) is 3.55. The summed E-state index contributed by atoms with van der Waals surface area (Å²) in [6, 6.07) is 9.07. The Labute approximate surface area is 203 Å². The van der Waals surface area contributed by atoms with Crippen molar-refractivity contribution in [3.05, 3.63) is 35.4 Å². The number of fused-ring (bicyclic) bond motifs is 4. The van der Waals surface area contributed by atoms with Crippen molar-refractivity contribution in [2.24, 2.45) is 0 Å². The maximum Gasteiger partial charge on any atom is 0.139 e. The van der Waals surface area contributed by atoms with E-state index in [1.807, 2.05) is 0 Å². The van der Waals surface area contributed by atoms with Crippen molar-refractivity contribution < 1.29 is 18.9 Å². The Morgan fingerprint density at radius 2 is 0.971 bits per heavy atom. The minimum Gasteiger partial charge on any atom is -0.358 e. The van der Waals surface area contributed by atoms with Gasteiger partial charge in [0.05, 0.1) is 37.5 Å². The van der Waals surface area contributed by atoms with Gasteiger partial charge in [0.25, 0.3) is 0 Å². The van der Waals surface area contributed by atoms with E-state index >= 15 is 0 Å². The van der Waals surface area contributed by atoms with E-state index < -0.39 is 0 Å². The highest BCUT2D eigenvalue weighted by molar-refractivity contribution is 5.29. The first-order chi connectivity index (χ1) is 16.5. The first kappa shape index (κ1) is 22.2. The molecule has 6 aliphatic rings. The van der Waals surface area contributed by atoms with Gasteiger partial charge in [-0.3, -0.25) is 0 Å². The van der Waals surface area contributed by atoms with E-state index in [2.05, 4.69) is 47.9 Å². The van der Waals surface area contributed by atoms with Crippen LogP contribution in [0.4, 0.5) is 0 Å². The molecular weight excluding hydrogens is 428 g/mol. The fourth-order valence-electron chi connectivity index (χ4n) is 8.02. The number of nitrogens with zero attached hydrogens (tertiary/aromatic N) is 2. The molecule has 0 amide bonds. The predicted molar refractivity (Wildman–Crippen MR) is 128 cm³/mol. The van der Waals surface area contributed by atoms with Gasteiger partial charge >= 0.3 is 0 Å². The van der Waals surface area contributed by atoms with Crippen molar-refractivity contribution in [3.8, 4) is 0 Å². The Hall–Kier alpha value is -1.02. The van der Waals surface area contributed by atoms with Gasteiger partial charge in [-0.15, -0.1) is 0 Å². The summed E-state index contributed by atoms with van der Waals surface area (Å²) in [6.45, 7) is 7.64. The minimum absolute atomic E-state index is 0.0304. The Balaban J connectivity index is 1.17. The molecule has 1 aromatic rings. The van der Waals surface area contributed by atoms with Crippen LogP contribution in [0.2, 0.25) is 0 Å². The fourth-order valence-corrected chi connectivity index (χ4v) is 8.02. The molecule has 4 heterocycles. The van der Waals surface area contributed by atoms with Gasteiger partial charge in [-0.1, -0.05) is 37.1 Å². The lowest BCUT2D eigenvalue weighted by molar-refractivity contribution is -0.158. The zero-order valence-corrected chi connectivity index (χ0v) is 20.9. The number of hydrogen-bond donors (Lipinski definition) is 0. The van der Waals surface area contributed by atoms with E-state index in [0.29, 0.717) is 0 Å². The molecule has 6 heteroatoms. The van der Waals surface area contributed by atoms with Crippen LogP contribution >= 0.6 is 0 Å². The summed E-state index contributed by atoms with van der Waals surface area (Å²) < 4.78 is 26.0. The number of hydrogen-bond acceptors (Lipinski definition) is 6. The maximum absolute atomic E-state index is 6.54. The molecule has 0 radical (unpaired) electrons. The third kappa shape index (κ3) is 3.09. The van der Waals surface area contributed by atoms with Gasteiger partial charge in [-0.2, -0.15) is 0 Å². The average molecular weight is 469 g/mol. The molecular formula is C28H40N2O4. The van der Waals surface area contributed by atoms with Crippen molar-refractivity contribution in [1.82, 2.24) is 9.80 Å². The van der Waals surface area contributed by atoms with Crippen molar-refractivity contribution >= 4 is 0 Å². The van der Waals surface area contributed by atoms with E-state index in [1.54, 1.807) is 0 Å². The Bertz CT molecular complexity index is 850. The van der Waals surface area contributed by atoms with E-state index in [0.717, 1.165) is 52.1 Å². The van der Waals surface area contributed by atoms with Gasteiger partial charge in [0.15, 0.2) is 0 Å². The Morgan fingerprint density at radius 3 is 1.35 bits per heavy atom. The monoisotopic (exact) mass is 468 g/mol. The molecule has 2 saturated carbocycles. The van der Waals surface area contributed by atoms with Gasteiger partial charge in [0, 0.05) is 0 Å². The number of benzene rings is 1. The van der Waals surface area contributed by atoms with E-state index in [4.69, 9.17) is 18.9 Å². The lowest BCUT2D eigenvalue weighted by Crippen LogP contribution is -2.53. The zero-order chi connectivity index (χ0) is 23.0. The van der Waals surface area contributed by atoms with E-state index in [-0.39, 0.29) is 35.0 Å². The second kappa shape index (κ2) is 7.74. The number of ether oxygens (including phenoxy) is 4. The van der Waals surface area contributed by atoms with Crippen LogP contribution in [0.15, 0.2) is 24.3 Å². The Kier molecular flexibility index (Phi) is 5.05. The molecule has 2 spiro atoms. The molecule has 34 heavy (non-hydrogen) atoms. The van der Waals surface area contributed by atoms with Crippen LogP contribution in [0, 0.1) is 0 Å². The first-order valence-corrected chi connectivity index (χ1v) is 13.7. The third-order valence-corrected chi connectivity index (χ3v) is 9.69. The molecule has 4 saturated heterocycles. The lowest BCUT2D eigenvalue weighted by Gasteiger charge is -2.44. The summed E-state index contributed by atoms with van der Waals surface area (Å²) in [5.41, 5.74) is 2.10. The Morgan fingerprint density at radius 1 is 0.588 bits per heavy atom. The second-order valence-corrected chi connectivity index (χ2v) is 12.3. The zero-order valence-electron chi connectivity index (χ0n) is 20.9. The first-order valence-electron chi connectivity index (χ1n) is 13.7. The summed E-state index contributed by atoms with van der Waals surface area (Å²) in [7, 11) is 0. The molecule has 0 N–H and O–H groups in total. The fraction of sp³-hybridized carbons (Fsp3) is 0.786. The van der Waals surface area contributed by atoms with Gasteiger partial charge in [-0.05, 0) is 76.3 Å². The smallest absolute Gasteiger partial charge is 0.139 e. The highest BCUT2D eigenvalue weighted by atomic mass is 16.6.